The van der Waals surface area contributed by atoms with E-state index in [2.05, 4.69) is 5.32 Å². The Labute approximate surface area is 116 Å². The Balaban J connectivity index is 3.01. The van der Waals surface area contributed by atoms with Crippen molar-refractivity contribution in [3.8, 4) is 0 Å². The van der Waals surface area contributed by atoms with Crippen molar-refractivity contribution >= 4 is 23.1 Å². The number of nitrogens with one attached hydrogen (secondary N) is 1. The minimum Gasteiger partial charge on any atom is -0.392 e. The van der Waals surface area contributed by atoms with E-state index in [0.717, 1.165) is 12.5 Å². The molecule has 1 unspecified atom stereocenters. The highest BCUT2D eigenvalue weighted by molar-refractivity contribution is 7.80. The van der Waals surface area contributed by atoms with Crippen LogP contribution in [0.2, 0.25) is 0 Å². The average Bonchev–Trinajstić information content (AvgIpc) is 2.33. The maximum absolute atomic E-state index is 13.8. The molecule has 3 N–H and O–H groups in total. The predicted octanol–water partition coefficient (Wildman–Crippen LogP) is 2.46. The van der Waals surface area contributed by atoms with Crippen molar-refractivity contribution < 1.29 is 13.6 Å². The number of carbonyl (C=O) groups is 1. The van der Waals surface area contributed by atoms with Gasteiger partial charge in [-0.15, -0.1) is 0 Å². The molecule has 1 rings (SSSR count). The summed E-state index contributed by atoms with van der Waals surface area (Å²) in [5.41, 5.74) is 5.09. The number of hydrogen-bond acceptors (Lipinski definition) is 2. The molecule has 1 atom stereocenters. The molecule has 104 valence electrons. The number of carbonyl (C=O) groups excluding carboxylic acids is 1. The second kappa shape index (κ2) is 6.56. The first-order valence-corrected chi connectivity index (χ1v) is 6.34. The van der Waals surface area contributed by atoms with Crippen molar-refractivity contribution in [3.05, 3.63) is 34.9 Å². The molecule has 0 heterocycles. The molecule has 1 aromatic rings. The Morgan fingerprint density at radius 2 is 2.11 bits per heavy atom. The van der Waals surface area contributed by atoms with E-state index in [4.69, 9.17) is 18.0 Å². The lowest BCUT2D eigenvalue weighted by atomic mass is 10.1. The molecule has 0 aliphatic heterocycles. The number of hydrogen-bond donors (Lipinski definition) is 2. The molecule has 19 heavy (non-hydrogen) atoms. The van der Waals surface area contributed by atoms with E-state index in [-0.39, 0.29) is 10.6 Å². The Bertz CT molecular complexity index is 506. The molecule has 0 aliphatic rings. The van der Waals surface area contributed by atoms with Gasteiger partial charge in [0, 0.05) is 0 Å². The predicted molar refractivity (Wildman–Crippen MR) is 74.0 cm³/mol. The summed E-state index contributed by atoms with van der Waals surface area (Å²) in [6.07, 6.45) is 1.26. The zero-order valence-electron chi connectivity index (χ0n) is 10.8. The fourth-order valence-corrected chi connectivity index (χ4v) is 1.85. The third-order valence-electron chi connectivity index (χ3n) is 2.74. The van der Waals surface area contributed by atoms with Crippen LogP contribution in [0.5, 0.6) is 0 Å². The summed E-state index contributed by atoms with van der Waals surface area (Å²) < 4.78 is 27.3. The van der Waals surface area contributed by atoms with E-state index in [1.54, 1.807) is 0 Å². The molecule has 0 fully saturated rings. The zero-order chi connectivity index (χ0) is 14.6. The molecular formula is C13H16F2N2OS. The number of halogens is 2. The van der Waals surface area contributed by atoms with Crippen LogP contribution in [0.4, 0.5) is 8.78 Å². The summed E-state index contributed by atoms with van der Waals surface area (Å²) in [6, 6.07) is 1.77. The molecule has 0 saturated heterocycles. The van der Waals surface area contributed by atoms with E-state index in [0.29, 0.717) is 6.42 Å². The van der Waals surface area contributed by atoms with Gasteiger partial charge in [-0.1, -0.05) is 31.6 Å². The minimum absolute atomic E-state index is 0.101. The average molecular weight is 286 g/mol. The highest BCUT2D eigenvalue weighted by Crippen LogP contribution is 2.16. The third-order valence-corrected chi connectivity index (χ3v) is 3.02. The summed E-state index contributed by atoms with van der Waals surface area (Å²) >= 11 is 4.82. The standard InChI is InChI=1S/C13H16F2N2OS/c1-3-4-9(12(16)19)17-13(18)10-8(14)6-5-7(2)11(10)15/h5-6,9H,3-4H2,1-2H3,(H2,16,19)(H,17,18). The van der Waals surface area contributed by atoms with Gasteiger partial charge in [0.1, 0.15) is 17.2 Å². The Morgan fingerprint density at radius 1 is 1.47 bits per heavy atom. The first-order valence-electron chi connectivity index (χ1n) is 5.93. The van der Waals surface area contributed by atoms with Gasteiger partial charge in [-0.3, -0.25) is 4.79 Å². The molecule has 0 saturated carbocycles. The summed E-state index contributed by atoms with van der Waals surface area (Å²) in [6.45, 7) is 3.36. The quantitative estimate of drug-likeness (QED) is 0.818. The SMILES string of the molecule is CCCC(NC(=O)c1c(F)ccc(C)c1F)C(N)=S. The fourth-order valence-electron chi connectivity index (χ4n) is 1.67. The van der Waals surface area contributed by atoms with Gasteiger partial charge >= 0.3 is 0 Å². The number of nitrogens with two attached hydrogens (primary N) is 1. The van der Waals surface area contributed by atoms with Crippen LogP contribution < -0.4 is 11.1 Å². The molecule has 6 heteroatoms. The second-order valence-corrected chi connectivity index (χ2v) is 4.74. The lowest BCUT2D eigenvalue weighted by Crippen LogP contribution is -2.43. The van der Waals surface area contributed by atoms with Gasteiger partial charge in [0.05, 0.1) is 11.0 Å². The van der Waals surface area contributed by atoms with Gasteiger partial charge in [0.25, 0.3) is 5.91 Å². The monoisotopic (exact) mass is 286 g/mol. The van der Waals surface area contributed by atoms with Crippen LogP contribution in [0.3, 0.4) is 0 Å². The van der Waals surface area contributed by atoms with E-state index in [1.165, 1.54) is 13.0 Å². The van der Waals surface area contributed by atoms with Gasteiger partial charge in [-0.05, 0) is 25.0 Å². The topological polar surface area (TPSA) is 55.1 Å². The van der Waals surface area contributed by atoms with Gasteiger partial charge in [0.2, 0.25) is 0 Å². The molecule has 3 nitrogen and oxygen atoms in total. The van der Waals surface area contributed by atoms with Crippen LogP contribution in [0.25, 0.3) is 0 Å². The molecule has 0 aromatic heterocycles. The summed E-state index contributed by atoms with van der Waals surface area (Å²) in [7, 11) is 0. The van der Waals surface area contributed by atoms with Crippen molar-refractivity contribution in [1.82, 2.24) is 5.32 Å². The molecule has 1 aromatic carbocycles. The number of aryl methyl sites for hydroxylation is 1. The zero-order valence-corrected chi connectivity index (χ0v) is 11.6. The summed E-state index contributed by atoms with van der Waals surface area (Å²) in [4.78, 5) is 12.0. The second-order valence-electron chi connectivity index (χ2n) is 4.27. The van der Waals surface area contributed by atoms with Crippen molar-refractivity contribution in [2.24, 2.45) is 5.73 Å². The third kappa shape index (κ3) is 3.70. The van der Waals surface area contributed by atoms with Crippen LogP contribution in [-0.2, 0) is 0 Å². The number of rotatable bonds is 5. The summed E-state index contributed by atoms with van der Waals surface area (Å²) in [5.74, 6) is -2.61. The largest absolute Gasteiger partial charge is 0.392 e. The Kier molecular flexibility index (Phi) is 5.35. The number of benzene rings is 1. The van der Waals surface area contributed by atoms with Crippen molar-refractivity contribution in [3.63, 3.8) is 0 Å². The maximum Gasteiger partial charge on any atom is 0.257 e. The van der Waals surface area contributed by atoms with E-state index in [1.807, 2.05) is 6.92 Å². The maximum atomic E-state index is 13.8. The van der Waals surface area contributed by atoms with Crippen molar-refractivity contribution in [2.45, 2.75) is 32.7 Å². The smallest absolute Gasteiger partial charge is 0.257 e. The number of thiocarbonyl (C=S) groups is 1. The van der Waals surface area contributed by atoms with Gasteiger partial charge in [0.15, 0.2) is 0 Å². The Morgan fingerprint density at radius 3 is 2.63 bits per heavy atom. The molecule has 0 bridgehead atoms. The molecular weight excluding hydrogens is 270 g/mol. The van der Waals surface area contributed by atoms with Crippen molar-refractivity contribution in [1.29, 1.82) is 0 Å². The van der Waals surface area contributed by atoms with E-state index < -0.39 is 29.1 Å². The van der Waals surface area contributed by atoms with Crippen molar-refractivity contribution in [2.75, 3.05) is 0 Å². The normalized spacial score (nSPS) is 12.0. The van der Waals surface area contributed by atoms with Gasteiger partial charge in [-0.25, -0.2) is 8.78 Å². The fraction of sp³-hybridized carbons (Fsp3) is 0.385. The Hall–Kier alpha value is -1.56. The van der Waals surface area contributed by atoms with Crippen LogP contribution in [-0.4, -0.2) is 16.9 Å². The highest BCUT2D eigenvalue weighted by Gasteiger charge is 2.22. The minimum atomic E-state index is -0.904. The van der Waals surface area contributed by atoms with Gasteiger partial charge in [-0.2, -0.15) is 0 Å². The van der Waals surface area contributed by atoms with E-state index in [9.17, 15) is 13.6 Å². The summed E-state index contributed by atoms with van der Waals surface area (Å²) in [5, 5.41) is 2.46. The van der Waals surface area contributed by atoms with Crippen LogP contribution in [0.15, 0.2) is 12.1 Å². The van der Waals surface area contributed by atoms with Crippen LogP contribution in [0.1, 0.15) is 35.7 Å². The van der Waals surface area contributed by atoms with Gasteiger partial charge < -0.3 is 11.1 Å². The lowest BCUT2D eigenvalue weighted by molar-refractivity contribution is 0.0937. The molecule has 0 radical (unpaired) electrons. The molecule has 0 aliphatic carbocycles. The first kappa shape index (κ1) is 15.5. The lowest BCUT2D eigenvalue weighted by Gasteiger charge is -2.17. The highest BCUT2D eigenvalue weighted by atomic mass is 32.1. The first-order chi connectivity index (χ1) is 8.88. The molecule has 0 spiro atoms. The number of amides is 1. The molecule has 1 amide bonds. The van der Waals surface area contributed by atoms with Crippen LogP contribution in [0, 0.1) is 18.6 Å². The van der Waals surface area contributed by atoms with E-state index >= 15 is 0 Å². The van der Waals surface area contributed by atoms with Crippen LogP contribution >= 0.6 is 12.2 Å².